The summed E-state index contributed by atoms with van der Waals surface area (Å²) in [4.78, 5) is 19.8. The third kappa shape index (κ3) is 7.70. The number of carbonyl (C=O) groups is 1. The third-order valence-corrected chi connectivity index (χ3v) is 5.12. The highest BCUT2D eigenvalue weighted by molar-refractivity contribution is 6.31. The molecule has 0 fully saturated rings. The van der Waals surface area contributed by atoms with Crippen molar-refractivity contribution in [2.45, 2.75) is 18.5 Å². The van der Waals surface area contributed by atoms with Gasteiger partial charge in [-0.1, -0.05) is 48.0 Å². The lowest BCUT2D eigenvalue weighted by molar-refractivity contribution is -0.204. The fourth-order valence-corrected chi connectivity index (χ4v) is 3.41. The Bertz CT molecular complexity index is 1230. The SMILES string of the molecule is O=C(O[C@@H](CNc1cc(-c2ccc(C(F)(F)F)c(Cl)c2)nc(NCCO)n1)c1ccccc1)C(F)(F)F. The lowest BCUT2D eigenvalue weighted by Gasteiger charge is -2.20. The molecule has 0 bridgehead atoms. The third-order valence-electron chi connectivity index (χ3n) is 4.81. The Morgan fingerprint density at radius 1 is 1.00 bits per heavy atom. The number of ether oxygens (including phenoxy) is 1. The Morgan fingerprint density at radius 3 is 2.30 bits per heavy atom. The molecule has 198 valence electrons. The monoisotopic (exact) mass is 548 g/mol. The number of alkyl halides is 6. The summed E-state index contributed by atoms with van der Waals surface area (Å²) in [6.45, 7) is -0.589. The number of halogens is 7. The predicted octanol–water partition coefficient (Wildman–Crippen LogP) is 5.48. The van der Waals surface area contributed by atoms with E-state index in [2.05, 4.69) is 25.3 Å². The molecular weight excluding hydrogens is 530 g/mol. The van der Waals surface area contributed by atoms with Gasteiger partial charge in [0.2, 0.25) is 5.95 Å². The Morgan fingerprint density at radius 2 is 1.70 bits per heavy atom. The van der Waals surface area contributed by atoms with Gasteiger partial charge in [0, 0.05) is 18.2 Å². The molecule has 0 radical (unpaired) electrons. The van der Waals surface area contributed by atoms with E-state index in [0.717, 1.165) is 18.2 Å². The lowest BCUT2D eigenvalue weighted by Crippen LogP contribution is -2.29. The van der Waals surface area contributed by atoms with Crippen LogP contribution in [0.2, 0.25) is 5.02 Å². The van der Waals surface area contributed by atoms with E-state index >= 15 is 0 Å². The molecule has 3 rings (SSSR count). The molecule has 2 aromatic carbocycles. The van der Waals surface area contributed by atoms with E-state index in [4.69, 9.17) is 16.7 Å². The van der Waals surface area contributed by atoms with Crippen LogP contribution in [0.5, 0.6) is 0 Å². The molecule has 0 unspecified atom stereocenters. The molecule has 0 saturated heterocycles. The van der Waals surface area contributed by atoms with E-state index in [0.29, 0.717) is 0 Å². The summed E-state index contributed by atoms with van der Waals surface area (Å²) in [6, 6.07) is 12.0. The second-order valence-electron chi connectivity index (χ2n) is 7.49. The summed E-state index contributed by atoms with van der Waals surface area (Å²) >= 11 is 5.81. The number of aliphatic hydroxyl groups is 1. The van der Waals surface area contributed by atoms with Gasteiger partial charge < -0.3 is 20.5 Å². The molecule has 14 heteroatoms. The molecular formula is C23H19ClF6N4O3. The topological polar surface area (TPSA) is 96.4 Å². The van der Waals surface area contributed by atoms with Crippen LogP contribution in [-0.2, 0) is 15.7 Å². The second kappa shape index (κ2) is 11.6. The summed E-state index contributed by atoms with van der Waals surface area (Å²) in [5.74, 6) is -2.37. The first-order valence-corrected chi connectivity index (χ1v) is 10.9. The summed E-state index contributed by atoms with van der Waals surface area (Å²) in [6.07, 6.45) is -11.2. The first-order valence-electron chi connectivity index (χ1n) is 10.6. The van der Waals surface area contributed by atoms with Crippen molar-refractivity contribution in [3.05, 3.63) is 70.7 Å². The molecule has 0 saturated carbocycles. The summed E-state index contributed by atoms with van der Waals surface area (Å²) in [5, 5.41) is 14.0. The lowest BCUT2D eigenvalue weighted by atomic mass is 10.1. The summed E-state index contributed by atoms with van der Waals surface area (Å²) < 4.78 is 82.3. The first-order chi connectivity index (χ1) is 17.4. The van der Waals surface area contributed by atoms with Gasteiger partial charge in [-0.05, 0) is 17.7 Å². The van der Waals surface area contributed by atoms with E-state index < -0.39 is 35.0 Å². The van der Waals surface area contributed by atoms with Crippen molar-refractivity contribution in [2.24, 2.45) is 0 Å². The van der Waals surface area contributed by atoms with Crippen LogP contribution in [-0.4, -0.2) is 46.9 Å². The smallest absolute Gasteiger partial charge is 0.449 e. The highest BCUT2D eigenvalue weighted by Gasteiger charge is 2.42. The highest BCUT2D eigenvalue weighted by atomic mass is 35.5. The molecule has 37 heavy (non-hydrogen) atoms. The molecule has 1 atom stereocenters. The van der Waals surface area contributed by atoms with Crippen LogP contribution in [0.3, 0.4) is 0 Å². The van der Waals surface area contributed by atoms with Gasteiger partial charge in [-0.15, -0.1) is 0 Å². The number of esters is 1. The van der Waals surface area contributed by atoms with Crippen molar-refractivity contribution in [3.8, 4) is 11.3 Å². The van der Waals surface area contributed by atoms with E-state index in [-0.39, 0.29) is 48.3 Å². The van der Waals surface area contributed by atoms with E-state index in [1.165, 1.54) is 18.2 Å². The average Bonchev–Trinajstić information content (AvgIpc) is 2.84. The standard InChI is InChI=1S/C23H19ClF6N4O3/c24-16-10-14(6-7-15(16)22(25,26)27)17-11-19(34-21(33-17)31-8-9-35)32-12-18(13-4-2-1-3-5-13)37-20(36)23(28,29)30/h1-7,10-11,18,35H,8-9,12H2,(H2,31,32,33,34)/t18-/m0/s1. The van der Waals surface area contributed by atoms with Gasteiger partial charge in [-0.2, -0.15) is 31.3 Å². The zero-order chi connectivity index (χ0) is 27.2. The number of aliphatic hydroxyl groups excluding tert-OH is 1. The minimum Gasteiger partial charge on any atom is -0.449 e. The predicted molar refractivity (Wildman–Crippen MR) is 123 cm³/mol. The van der Waals surface area contributed by atoms with Crippen molar-refractivity contribution < 1.29 is 41.0 Å². The van der Waals surface area contributed by atoms with Gasteiger partial charge >= 0.3 is 18.3 Å². The number of nitrogens with zero attached hydrogens (tertiary/aromatic N) is 2. The van der Waals surface area contributed by atoms with Gasteiger partial charge in [0.05, 0.1) is 29.4 Å². The molecule has 0 spiro atoms. The van der Waals surface area contributed by atoms with E-state index in [1.54, 1.807) is 18.2 Å². The van der Waals surface area contributed by atoms with Crippen LogP contribution >= 0.6 is 11.6 Å². The molecule has 1 aromatic heterocycles. The van der Waals surface area contributed by atoms with Crippen molar-refractivity contribution in [3.63, 3.8) is 0 Å². The Labute approximate surface area is 211 Å². The van der Waals surface area contributed by atoms with Gasteiger partial charge in [0.1, 0.15) is 11.9 Å². The zero-order valence-corrected chi connectivity index (χ0v) is 19.5. The highest BCUT2D eigenvalue weighted by Crippen LogP contribution is 2.37. The summed E-state index contributed by atoms with van der Waals surface area (Å²) in [5.41, 5.74) is -0.452. The van der Waals surface area contributed by atoms with Crippen LogP contribution in [0.25, 0.3) is 11.3 Å². The minimum absolute atomic E-state index is 0.0337. The van der Waals surface area contributed by atoms with Crippen molar-refractivity contribution >= 4 is 29.3 Å². The molecule has 1 heterocycles. The molecule has 3 N–H and O–H groups in total. The van der Waals surface area contributed by atoms with E-state index in [1.807, 2.05) is 0 Å². The van der Waals surface area contributed by atoms with Crippen molar-refractivity contribution in [1.82, 2.24) is 9.97 Å². The van der Waals surface area contributed by atoms with Gasteiger partial charge in [0.15, 0.2) is 0 Å². The van der Waals surface area contributed by atoms with Gasteiger partial charge in [-0.3, -0.25) is 0 Å². The number of hydrogen-bond acceptors (Lipinski definition) is 7. The number of rotatable bonds is 9. The molecule has 0 aliphatic carbocycles. The zero-order valence-electron chi connectivity index (χ0n) is 18.7. The fraction of sp³-hybridized carbons (Fsp3) is 0.261. The Kier molecular flexibility index (Phi) is 8.81. The van der Waals surface area contributed by atoms with Crippen LogP contribution in [0.15, 0.2) is 54.6 Å². The fourth-order valence-electron chi connectivity index (χ4n) is 3.13. The van der Waals surface area contributed by atoms with Gasteiger partial charge in [0.25, 0.3) is 0 Å². The Balaban J connectivity index is 1.92. The molecule has 0 amide bonds. The molecule has 3 aromatic rings. The number of hydrogen-bond donors (Lipinski definition) is 3. The maximum atomic E-state index is 13.1. The molecule has 0 aliphatic heterocycles. The number of nitrogens with one attached hydrogen (secondary N) is 2. The van der Waals surface area contributed by atoms with Crippen LogP contribution in [0.1, 0.15) is 17.2 Å². The van der Waals surface area contributed by atoms with Crippen LogP contribution in [0, 0.1) is 0 Å². The number of aromatic nitrogens is 2. The number of benzene rings is 2. The van der Waals surface area contributed by atoms with E-state index in [9.17, 15) is 31.1 Å². The second-order valence-corrected chi connectivity index (χ2v) is 7.90. The van der Waals surface area contributed by atoms with Gasteiger partial charge in [-0.25, -0.2) is 9.78 Å². The average molecular weight is 549 g/mol. The number of anilines is 2. The van der Waals surface area contributed by atoms with Crippen molar-refractivity contribution in [2.75, 3.05) is 30.3 Å². The first kappa shape index (κ1) is 28.0. The van der Waals surface area contributed by atoms with Crippen LogP contribution < -0.4 is 10.6 Å². The van der Waals surface area contributed by atoms with Crippen LogP contribution in [0.4, 0.5) is 38.1 Å². The normalized spacial score (nSPS) is 12.6. The van der Waals surface area contributed by atoms with Crippen molar-refractivity contribution in [1.29, 1.82) is 0 Å². The molecule has 0 aliphatic rings. The summed E-state index contributed by atoms with van der Waals surface area (Å²) in [7, 11) is 0. The molecule has 7 nitrogen and oxygen atoms in total. The maximum Gasteiger partial charge on any atom is 0.490 e. The quantitative estimate of drug-likeness (QED) is 0.241. The maximum absolute atomic E-state index is 13.1. The number of carbonyl (C=O) groups excluding carboxylic acids is 1. The Hall–Kier alpha value is -3.58. The largest absolute Gasteiger partial charge is 0.490 e. The minimum atomic E-state index is -5.21.